The summed E-state index contributed by atoms with van der Waals surface area (Å²) in [6.07, 6.45) is 1.53. The number of piperazine rings is 1. The molecule has 29 heavy (non-hydrogen) atoms. The summed E-state index contributed by atoms with van der Waals surface area (Å²) in [7, 11) is 1.48. The van der Waals surface area contributed by atoms with E-state index in [1.165, 1.54) is 19.4 Å². The minimum Gasteiger partial charge on any atom is -0.495 e. The molecule has 1 aliphatic heterocycles. The number of carbonyl (C=O) groups excluding carboxylic acids is 1. The lowest BCUT2D eigenvalue weighted by atomic mass is 10.2. The maximum Gasteiger partial charge on any atom is 0.267 e. The van der Waals surface area contributed by atoms with E-state index in [1.54, 1.807) is 36.4 Å². The largest absolute Gasteiger partial charge is 0.495 e. The lowest BCUT2D eigenvalue weighted by Crippen LogP contribution is -2.44. The van der Waals surface area contributed by atoms with E-state index >= 15 is 0 Å². The Morgan fingerprint density at radius 2 is 1.97 bits per heavy atom. The van der Waals surface area contributed by atoms with Crippen molar-refractivity contribution in [1.29, 1.82) is 5.26 Å². The quantitative estimate of drug-likeness (QED) is 0.597. The van der Waals surface area contributed by atoms with E-state index < -0.39 is 5.91 Å². The first-order chi connectivity index (χ1) is 14.0. The fraction of sp³-hybridized carbons (Fsp3) is 0.238. The van der Waals surface area contributed by atoms with Crippen LogP contribution in [0.15, 0.2) is 54.2 Å². The molecule has 0 unspecified atom stereocenters. The normalized spacial score (nSPS) is 14.3. The van der Waals surface area contributed by atoms with Gasteiger partial charge < -0.3 is 19.9 Å². The summed E-state index contributed by atoms with van der Waals surface area (Å²) in [6.45, 7) is 2.29. The summed E-state index contributed by atoms with van der Waals surface area (Å²) in [5.41, 5.74) is 0.907. The molecule has 1 N–H and O–H groups in total. The smallest absolute Gasteiger partial charge is 0.267 e. The maximum atomic E-state index is 14.0. The second-order valence-electron chi connectivity index (χ2n) is 6.43. The van der Waals surface area contributed by atoms with Crippen LogP contribution in [0.25, 0.3) is 0 Å². The van der Waals surface area contributed by atoms with E-state index in [-0.39, 0.29) is 11.4 Å². The van der Waals surface area contributed by atoms with E-state index in [4.69, 9.17) is 16.3 Å². The molecule has 3 rings (SSSR count). The molecule has 8 heteroatoms. The summed E-state index contributed by atoms with van der Waals surface area (Å²) < 4.78 is 19.2. The third kappa shape index (κ3) is 4.98. The van der Waals surface area contributed by atoms with Gasteiger partial charge in [0.25, 0.3) is 5.91 Å². The molecule has 1 heterocycles. The molecule has 1 fully saturated rings. The Hall–Kier alpha value is -3.24. The maximum absolute atomic E-state index is 14.0. The first-order valence-electron chi connectivity index (χ1n) is 9.02. The number of carbonyl (C=O) groups is 1. The van der Waals surface area contributed by atoms with Crippen LogP contribution in [0.5, 0.6) is 5.75 Å². The average Bonchev–Trinajstić information content (AvgIpc) is 2.73. The monoisotopic (exact) mass is 414 g/mol. The third-order valence-electron chi connectivity index (χ3n) is 4.59. The summed E-state index contributed by atoms with van der Waals surface area (Å²) in [6, 6.07) is 13.4. The van der Waals surface area contributed by atoms with Crippen LogP contribution in [0.3, 0.4) is 0 Å². The molecule has 0 spiro atoms. The zero-order valence-electron chi connectivity index (χ0n) is 15.9. The lowest BCUT2D eigenvalue weighted by molar-refractivity contribution is -0.112. The molecule has 0 aromatic heterocycles. The summed E-state index contributed by atoms with van der Waals surface area (Å²) in [5.74, 6) is -0.368. The van der Waals surface area contributed by atoms with Gasteiger partial charge in [0, 0.05) is 37.4 Å². The van der Waals surface area contributed by atoms with Crippen LogP contribution in [-0.2, 0) is 4.79 Å². The van der Waals surface area contributed by atoms with Crippen LogP contribution in [0.2, 0.25) is 5.02 Å². The van der Waals surface area contributed by atoms with Gasteiger partial charge in [-0.25, -0.2) is 4.39 Å². The molecule has 1 aliphatic rings. The molecule has 2 aromatic rings. The Balaban J connectivity index is 1.66. The first kappa shape index (κ1) is 20.5. The molecule has 1 amide bonds. The van der Waals surface area contributed by atoms with E-state index in [0.29, 0.717) is 48.3 Å². The van der Waals surface area contributed by atoms with Crippen LogP contribution in [0.1, 0.15) is 0 Å². The van der Waals surface area contributed by atoms with Gasteiger partial charge in [-0.3, -0.25) is 4.79 Å². The van der Waals surface area contributed by atoms with Gasteiger partial charge in [-0.05, 0) is 30.3 Å². The topological polar surface area (TPSA) is 68.6 Å². The molecule has 0 radical (unpaired) electrons. The van der Waals surface area contributed by atoms with Gasteiger partial charge in [-0.1, -0.05) is 23.7 Å². The van der Waals surface area contributed by atoms with Crippen molar-refractivity contribution in [3.63, 3.8) is 0 Å². The molecule has 2 aromatic carbocycles. The zero-order chi connectivity index (χ0) is 20.8. The van der Waals surface area contributed by atoms with E-state index in [0.717, 1.165) is 0 Å². The SMILES string of the molecule is COc1ccc(Cl)cc1NC(=O)/C(C#N)=C\N1CCN(c2ccccc2F)CC1. The molecular formula is C21H20ClFN4O2. The Bertz CT molecular complexity index is 965. The molecule has 0 saturated carbocycles. The standard InChI is InChI=1S/C21H20ClFN4O2/c1-29-20-7-6-16(22)12-18(20)25-21(28)15(13-24)14-26-8-10-27(11-9-26)19-5-3-2-4-17(19)23/h2-7,12,14H,8-11H2,1H3,(H,25,28)/b15-14-. The molecule has 0 aliphatic carbocycles. The number of para-hydroxylation sites is 1. The number of amides is 1. The number of benzene rings is 2. The lowest BCUT2D eigenvalue weighted by Gasteiger charge is -2.35. The molecule has 150 valence electrons. The number of methoxy groups -OCH3 is 1. The second-order valence-corrected chi connectivity index (χ2v) is 6.86. The van der Waals surface area contributed by atoms with E-state index in [1.807, 2.05) is 15.9 Å². The van der Waals surface area contributed by atoms with Crippen molar-refractivity contribution in [2.24, 2.45) is 0 Å². The highest BCUT2D eigenvalue weighted by Gasteiger charge is 2.20. The number of anilines is 2. The van der Waals surface area contributed by atoms with E-state index in [2.05, 4.69) is 5.32 Å². The number of hydrogen-bond donors (Lipinski definition) is 1. The highest BCUT2D eigenvalue weighted by Crippen LogP contribution is 2.28. The predicted molar refractivity (Wildman–Crippen MR) is 111 cm³/mol. The molecule has 6 nitrogen and oxygen atoms in total. The van der Waals surface area contributed by atoms with Gasteiger partial charge in [0.2, 0.25) is 0 Å². The highest BCUT2D eigenvalue weighted by atomic mass is 35.5. The van der Waals surface area contributed by atoms with E-state index in [9.17, 15) is 14.4 Å². The van der Waals surface area contributed by atoms with Crippen molar-refractivity contribution in [1.82, 2.24) is 4.90 Å². The van der Waals surface area contributed by atoms with Gasteiger partial charge in [0.05, 0.1) is 18.5 Å². The van der Waals surface area contributed by atoms with Crippen LogP contribution in [-0.4, -0.2) is 44.1 Å². The Morgan fingerprint density at radius 1 is 1.24 bits per heavy atom. The van der Waals surface area contributed by atoms with Crippen LogP contribution in [0, 0.1) is 17.1 Å². The fourth-order valence-electron chi connectivity index (χ4n) is 3.09. The molecule has 0 atom stereocenters. The number of rotatable bonds is 5. The summed E-state index contributed by atoms with van der Waals surface area (Å²) >= 11 is 5.98. The van der Waals surface area contributed by atoms with Crippen molar-refractivity contribution < 1.29 is 13.9 Å². The van der Waals surface area contributed by atoms with Crippen molar-refractivity contribution in [2.75, 3.05) is 43.5 Å². The number of nitrogens with zero attached hydrogens (tertiary/aromatic N) is 3. The van der Waals surface area contributed by atoms with Crippen molar-refractivity contribution in [3.8, 4) is 11.8 Å². The van der Waals surface area contributed by atoms with Crippen LogP contribution >= 0.6 is 11.6 Å². The minimum atomic E-state index is -0.551. The molecule has 1 saturated heterocycles. The van der Waals surface area contributed by atoms with Gasteiger partial charge in [0.1, 0.15) is 23.2 Å². The van der Waals surface area contributed by atoms with Crippen LogP contribution in [0.4, 0.5) is 15.8 Å². The van der Waals surface area contributed by atoms with Crippen molar-refractivity contribution in [3.05, 3.63) is 65.1 Å². The Kier molecular flexibility index (Phi) is 6.57. The summed E-state index contributed by atoms with van der Waals surface area (Å²) in [4.78, 5) is 16.4. The fourth-order valence-corrected chi connectivity index (χ4v) is 3.26. The predicted octanol–water partition coefficient (Wildman–Crippen LogP) is 3.66. The zero-order valence-corrected chi connectivity index (χ0v) is 16.6. The van der Waals surface area contributed by atoms with Gasteiger partial charge in [-0.15, -0.1) is 0 Å². The Labute approximate surface area is 173 Å². The number of nitriles is 1. The van der Waals surface area contributed by atoms with Crippen LogP contribution < -0.4 is 15.0 Å². The third-order valence-corrected chi connectivity index (χ3v) is 4.83. The van der Waals surface area contributed by atoms with Gasteiger partial charge in [-0.2, -0.15) is 5.26 Å². The summed E-state index contributed by atoms with van der Waals surface area (Å²) in [5, 5.41) is 12.5. The molecule has 0 bridgehead atoms. The Morgan fingerprint density at radius 3 is 2.62 bits per heavy atom. The van der Waals surface area contributed by atoms with Gasteiger partial charge >= 0.3 is 0 Å². The van der Waals surface area contributed by atoms with Gasteiger partial charge in [0.15, 0.2) is 0 Å². The number of halogens is 2. The highest BCUT2D eigenvalue weighted by molar-refractivity contribution is 6.31. The molecular weight excluding hydrogens is 395 g/mol. The van der Waals surface area contributed by atoms with Crippen molar-refractivity contribution >= 4 is 28.9 Å². The number of nitrogens with one attached hydrogen (secondary N) is 1. The second kappa shape index (κ2) is 9.30. The number of ether oxygens (including phenoxy) is 1. The van der Waals surface area contributed by atoms with Crippen molar-refractivity contribution in [2.45, 2.75) is 0 Å². The minimum absolute atomic E-state index is 0.0358. The first-order valence-corrected chi connectivity index (χ1v) is 9.40. The number of hydrogen-bond acceptors (Lipinski definition) is 5. The average molecular weight is 415 g/mol.